The highest BCUT2D eigenvalue weighted by Gasteiger charge is 2.13. The summed E-state index contributed by atoms with van der Waals surface area (Å²) in [5.74, 6) is 0.102. The Morgan fingerprint density at radius 1 is 1.26 bits per heavy atom. The molecule has 1 amide bonds. The predicted molar refractivity (Wildman–Crippen MR) is 78.2 cm³/mol. The molecule has 6 nitrogen and oxygen atoms in total. The molecule has 1 rings (SSSR count). The number of anilines is 2. The van der Waals surface area contributed by atoms with Crippen molar-refractivity contribution < 1.29 is 4.79 Å². The van der Waals surface area contributed by atoms with E-state index in [1.54, 1.807) is 12.1 Å². The van der Waals surface area contributed by atoms with Crippen molar-refractivity contribution in [2.45, 2.75) is 13.3 Å². The standard InChI is InChI=1S/C13H23N5O/c1-4-7-18(9-8-17(2)3)13-10(14)5-6-11(16-13)12(15)19/h5-6H,4,7-9,14H2,1-3H3,(H2,15,19). The summed E-state index contributed by atoms with van der Waals surface area (Å²) >= 11 is 0. The zero-order valence-electron chi connectivity index (χ0n) is 11.9. The second-order valence-electron chi connectivity index (χ2n) is 4.76. The van der Waals surface area contributed by atoms with Gasteiger partial charge in [0, 0.05) is 19.6 Å². The third kappa shape index (κ3) is 4.40. The lowest BCUT2D eigenvalue weighted by Crippen LogP contribution is -2.34. The lowest BCUT2D eigenvalue weighted by atomic mass is 10.2. The first kappa shape index (κ1) is 15.2. The van der Waals surface area contributed by atoms with Crippen molar-refractivity contribution in [3.63, 3.8) is 0 Å². The van der Waals surface area contributed by atoms with Gasteiger partial charge in [0.05, 0.1) is 5.69 Å². The Kier molecular flexibility index (Phi) is 5.57. The van der Waals surface area contributed by atoms with Crippen LogP contribution in [0.4, 0.5) is 11.5 Å². The fraction of sp³-hybridized carbons (Fsp3) is 0.538. The first-order chi connectivity index (χ1) is 8.95. The highest BCUT2D eigenvalue weighted by molar-refractivity contribution is 5.91. The number of carbonyl (C=O) groups excluding carboxylic acids is 1. The Balaban J connectivity index is 2.99. The monoisotopic (exact) mass is 265 g/mol. The summed E-state index contributed by atoms with van der Waals surface area (Å²) in [4.78, 5) is 19.7. The van der Waals surface area contributed by atoms with Crippen molar-refractivity contribution in [1.82, 2.24) is 9.88 Å². The van der Waals surface area contributed by atoms with Crippen molar-refractivity contribution in [3.05, 3.63) is 17.8 Å². The maximum atomic E-state index is 11.2. The van der Waals surface area contributed by atoms with Gasteiger partial charge in [-0.15, -0.1) is 0 Å². The lowest BCUT2D eigenvalue weighted by molar-refractivity contribution is 0.0995. The van der Waals surface area contributed by atoms with Crippen molar-refractivity contribution >= 4 is 17.4 Å². The normalized spacial score (nSPS) is 10.7. The molecule has 4 N–H and O–H groups in total. The van der Waals surface area contributed by atoms with Crippen LogP contribution in [-0.4, -0.2) is 49.5 Å². The van der Waals surface area contributed by atoms with Gasteiger partial charge >= 0.3 is 0 Å². The molecule has 0 bridgehead atoms. The van der Waals surface area contributed by atoms with Gasteiger partial charge in [-0.2, -0.15) is 0 Å². The van der Waals surface area contributed by atoms with Gasteiger partial charge in [0.15, 0.2) is 5.82 Å². The number of nitrogens with zero attached hydrogens (tertiary/aromatic N) is 3. The summed E-state index contributed by atoms with van der Waals surface area (Å²) in [6.07, 6.45) is 0.981. The van der Waals surface area contributed by atoms with Gasteiger partial charge in [-0.3, -0.25) is 4.79 Å². The van der Waals surface area contributed by atoms with Crippen molar-refractivity contribution in [2.24, 2.45) is 5.73 Å². The first-order valence-electron chi connectivity index (χ1n) is 6.41. The largest absolute Gasteiger partial charge is 0.396 e. The fourth-order valence-corrected chi connectivity index (χ4v) is 1.76. The lowest BCUT2D eigenvalue weighted by Gasteiger charge is -2.26. The van der Waals surface area contributed by atoms with Gasteiger partial charge in [-0.05, 0) is 32.6 Å². The second kappa shape index (κ2) is 6.94. The number of rotatable bonds is 7. The Labute approximate surface area is 114 Å². The minimum absolute atomic E-state index is 0.246. The van der Waals surface area contributed by atoms with Crippen LogP contribution in [0.15, 0.2) is 12.1 Å². The van der Waals surface area contributed by atoms with Gasteiger partial charge < -0.3 is 21.3 Å². The van der Waals surface area contributed by atoms with Crippen LogP contribution in [0.2, 0.25) is 0 Å². The molecule has 0 unspecified atom stereocenters. The summed E-state index contributed by atoms with van der Waals surface area (Å²) in [5.41, 5.74) is 12.0. The van der Waals surface area contributed by atoms with Crippen LogP contribution < -0.4 is 16.4 Å². The molecule has 0 fully saturated rings. The van der Waals surface area contributed by atoms with Gasteiger partial charge in [0.25, 0.3) is 5.91 Å². The third-order valence-corrected chi connectivity index (χ3v) is 2.77. The number of hydrogen-bond donors (Lipinski definition) is 2. The number of carbonyl (C=O) groups is 1. The zero-order valence-corrected chi connectivity index (χ0v) is 11.9. The fourth-order valence-electron chi connectivity index (χ4n) is 1.76. The van der Waals surface area contributed by atoms with E-state index in [1.165, 1.54) is 0 Å². The van der Waals surface area contributed by atoms with Gasteiger partial charge in [-0.1, -0.05) is 6.92 Å². The summed E-state index contributed by atoms with van der Waals surface area (Å²) in [5, 5.41) is 0. The number of amides is 1. The molecule has 0 aliphatic carbocycles. The van der Waals surface area contributed by atoms with Crippen LogP contribution in [0.5, 0.6) is 0 Å². The number of nitrogens with two attached hydrogens (primary N) is 2. The van der Waals surface area contributed by atoms with E-state index in [2.05, 4.69) is 21.7 Å². The van der Waals surface area contributed by atoms with Gasteiger partial charge in [-0.25, -0.2) is 4.98 Å². The van der Waals surface area contributed by atoms with Gasteiger partial charge in [0.1, 0.15) is 5.69 Å². The Hall–Kier alpha value is -1.82. The summed E-state index contributed by atoms with van der Waals surface area (Å²) in [6.45, 7) is 4.63. The second-order valence-corrected chi connectivity index (χ2v) is 4.76. The molecule has 0 radical (unpaired) electrons. The molecular weight excluding hydrogens is 242 g/mol. The molecule has 1 aromatic rings. The average molecular weight is 265 g/mol. The van der Waals surface area contributed by atoms with E-state index in [0.29, 0.717) is 11.5 Å². The Morgan fingerprint density at radius 2 is 1.95 bits per heavy atom. The number of nitrogen functional groups attached to an aromatic ring is 1. The minimum Gasteiger partial charge on any atom is -0.396 e. The molecule has 106 valence electrons. The first-order valence-corrected chi connectivity index (χ1v) is 6.41. The predicted octanol–water partition coefficient (Wildman–Crippen LogP) is 0.541. The number of aromatic nitrogens is 1. The summed E-state index contributed by atoms with van der Waals surface area (Å²) < 4.78 is 0. The summed E-state index contributed by atoms with van der Waals surface area (Å²) in [7, 11) is 4.03. The Bertz CT molecular complexity index is 433. The number of hydrogen-bond acceptors (Lipinski definition) is 5. The van der Waals surface area contributed by atoms with Crippen LogP contribution in [-0.2, 0) is 0 Å². The quantitative estimate of drug-likeness (QED) is 0.751. The van der Waals surface area contributed by atoms with E-state index < -0.39 is 5.91 Å². The molecule has 0 aliphatic heterocycles. The molecule has 0 spiro atoms. The Morgan fingerprint density at radius 3 is 2.47 bits per heavy atom. The van der Waals surface area contributed by atoms with Crippen molar-refractivity contribution in [3.8, 4) is 0 Å². The topological polar surface area (TPSA) is 88.5 Å². The summed E-state index contributed by atoms with van der Waals surface area (Å²) in [6, 6.07) is 3.23. The van der Waals surface area contributed by atoms with E-state index in [4.69, 9.17) is 11.5 Å². The highest BCUT2D eigenvalue weighted by Crippen LogP contribution is 2.21. The van der Waals surface area contributed by atoms with Crippen LogP contribution >= 0.6 is 0 Å². The average Bonchev–Trinajstić information content (AvgIpc) is 2.35. The van der Waals surface area contributed by atoms with Crippen LogP contribution in [0.25, 0.3) is 0 Å². The third-order valence-electron chi connectivity index (χ3n) is 2.77. The molecule has 0 aromatic carbocycles. The van der Waals surface area contributed by atoms with Gasteiger partial charge in [0.2, 0.25) is 0 Å². The number of pyridine rings is 1. The van der Waals surface area contributed by atoms with Crippen molar-refractivity contribution in [1.29, 1.82) is 0 Å². The molecular formula is C13H23N5O. The van der Waals surface area contributed by atoms with E-state index in [-0.39, 0.29) is 5.69 Å². The number of primary amides is 1. The maximum absolute atomic E-state index is 11.2. The molecule has 0 aliphatic rings. The number of likely N-dealkylation sites (N-methyl/N-ethyl adjacent to an activating group) is 1. The molecule has 1 aromatic heterocycles. The highest BCUT2D eigenvalue weighted by atomic mass is 16.1. The van der Waals surface area contributed by atoms with E-state index in [1.807, 2.05) is 14.1 Å². The maximum Gasteiger partial charge on any atom is 0.267 e. The molecule has 0 saturated carbocycles. The smallest absolute Gasteiger partial charge is 0.267 e. The molecule has 1 heterocycles. The van der Waals surface area contributed by atoms with Crippen molar-refractivity contribution in [2.75, 3.05) is 44.4 Å². The van der Waals surface area contributed by atoms with E-state index in [0.717, 1.165) is 26.1 Å². The zero-order chi connectivity index (χ0) is 14.4. The SMILES string of the molecule is CCCN(CCN(C)C)c1nc(C(N)=O)ccc1N. The van der Waals surface area contributed by atoms with Crippen LogP contribution in [0.3, 0.4) is 0 Å². The van der Waals surface area contributed by atoms with E-state index >= 15 is 0 Å². The van der Waals surface area contributed by atoms with Crippen LogP contribution in [0.1, 0.15) is 23.8 Å². The molecule has 0 atom stereocenters. The van der Waals surface area contributed by atoms with E-state index in [9.17, 15) is 4.79 Å². The molecule has 0 saturated heterocycles. The molecule has 19 heavy (non-hydrogen) atoms. The minimum atomic E-state index is -0.537. The van der Waals surface area contributed by atoms with Crippen LogP contribution in [0, 0.1) is 0 Å². The molecule has 6 heteroatoms.